The van der Waals surface area contributed by atoms with Crippen molar-refractivity contribution in [2.75, 3.05) is 26.4 Å². The molecule has 0 aliphatic carbocycles. The highest BCUT2D eigenvalue weighted by Gasteiger charge is 2.29. The zero-order valence-electron chi connectivity index (χ0n) is 16.9. The monoisotopic (exact) mass is 405 g/mol. The predicted octanol–water partition coefficient (Wildman–Crippen LogP) is 3.70. The second kappa shape index (κ2) is 7.27. The molecule has 154 valence electrons. The van der Waals surface area contributed by atoms with Crippen LogP contribution in [0, 0.1) is 0 Å². The smallest absolute Gasteiger partial charge is 0.262 e. The lowest BCUT2D eigenvalue weighted by Crippen LogP contribution is -2.35. The standard InChI is InChI=1S/C24H25N2O4/c1-2-4-24-25(9-3-1)16-19(17-5-7-20-22(14-17)29-12-10-27-20)26(24)18-6-8-21-23(15-18)30-13-11-28-21/h5-8,14-16H,1-4,9-13H2/q+1. The third kappa shape index (κ3) is 2.98. The van der Waals surface area contributed by atoms with E-state index in [1.54, 1.807) is 0 Å². The molecular weight excluding hydrogens is 380 g/mol. The number of aromatic nitrogens is 2. The molecule has 3 aromatic rings. The first kappa shape index (κ1) is 17.7. The summed E-state index contributed by atoms with van der Waals surface area (Å²) in [6.45, 7) is 3.42. The molecule has 6 rings (SSSR count). The van der Waals surface area contributed by atoms with Gasteiger partial charge in [-0.25, -0.2) is 4.57 Å². The highest BCUT2D eigenvalue weighted by atomic mass is 16.6. The third-order valence-electron chi connectivity index (χ3n) is 6.03. The molecule has 0 saturated carbocycles. The van der Waals surface area contributed by atoms with Crippen molar-refractivity contribution >= 4 is 0 Å². The molecule has 4 heterocycles. The Labute approximate surface area is 175 Å². The molecule has 0 N–H and O–H groups in total. The summed E-state index contributed by atoms with van der Waals surface area (Å²) in [5.41, 5.74) is 3.37. The molecule has 3 aliphatic rings. The Morgan fingerprint density at radius 2 is 1.40 bits per heavy atom. The lowest BCUT2D eigenvalue weighted by atomic mass is 10.1. The average molecular weight is 405 g/mol. The normalized spacial score (nSPS) is 17.2. The van der Waals surface area contributed by atoms with Gasteiger partial charge in [0.1, 0.15) is 38.3 Å². The molecule has 0 radical (unpaired) electrons. The maximum atomic E-state index is 5.87. The third-order valence-corrected chi connectivity index (χ3v) is 6.03. The topological polar surface area (TPSA) is 45.7 Å². The van der Waals surface area contributed by atoms with Gasteiger partial charge < -0.3 is 18.9 Å². The van der Waals surface area contributed by atoms with Crippen molar-refractivity contribution in [3.05, 3.63) is 48.4 Å². The molecule has 2 aromatic carbocycles. The lowest BCUT2D eigenvalue weighted by molar-refractivity contribution is -0.702. The first-order valence-corrected chi connectivity index (χ1v) is 10.8. The summed E-state index contributed by atoms with van der Waals surface area (Å²) in [5.74, 6) is 4.59. The summed E-state index contributed by atoms with van der Waals surface area (Å²) < 4.78 is 28.0. The Morgan fingerprint density at radius 3 is 2.20 bits per heavy atom. The Kier molecular flexibility index (Phi) is 4.29. The molecule has 30 heavy (non-hydrogen) atoms. The van der Waals surface area contributed by atoms with Crippen LogP contribution < -0.4 is 23.5 Å². The molecule has 0 spiro atoms. The number of fused-ring (bicyclic) bond motifs is 3. The molecular formula is C24H25N2O4+. The minimum atomic E-state index is 0.587. The molecule has 0 atom stereocenters. The van der Waals surface area contributed by atoms with Crippen LogP contribution in [0.5, 0.6) is 23.0 Å². The molecule has 6 nitrogen and oxygen atoms in total. The van der Waals surface area contributed by atoms with E-state index in [1.165, 1.54) is 25.1 Å². The maximum Gasteiger partial charge on any atom is 0.262 e. The largest absolute Gasteiger partial charge is 0.486 e. The minimum Gasteiger partial charge on any atom is -0.486 e. The number of benzene rings is 2. The Bertz CT molecular complexity index is 1100. The van der Waals surface area contributed by atoms with Gasteiger partial charge in [0.2, 0.25) is 0 Å². The Balaban J connectivity index is 1.52. The van der Waals surface area contributed by atoms with Gasteiger partial charge in [-0.15, -0.1) is 0 Å². The van der Waals surface area contributed by atoms with E-state index in [-0.39, 0.29) is 0 Å². The van der Waals surface area contributed by atoms with Crippen LogP contribution in [-0.4, -0.2) is 31.0 Å². The van der Waals surface area contributed by atoms with Gasteiger partial charge in [0, 0.05) is 18.1 Å². The molecule has 0 bridgehead atoms. The lowest BCUT2D eigenvalue weighted by Gasteiger charge is -2.19. The van der Waals surface area contributed by atoms with Gasteiger partial charge in [-0.1, -0.05) is 0 Å². The number of ether oxygens (including phenoxy) is 4. The fraction of sp³-hybridized carbons (Fsp3) is 0.375. The second-order valence-electron chi connectivity index (χ2n) is 7.96. The molecule has 6 heteroatoms. The van der Waals surface area contributed by atoms with Gasteiger partial charge in [0.25, 0.3) is 5.82 Å². The summed E-state index contributed by atoms with van der Waals surface area (Å²) in [6.07, 6.45) is 7.02. The molecule has 0 saturated heterocycles. The average Bonchev–Trinajstić information content (AvgIpc) is 3.01. The molecule has 0 amide bonds. The van der Waals surface area contributed by atoms with Crippen LogP contribution in [0.3, 0.4) is 0 Å². The first-order chi connectivity index (χ1) is 14.9. The zero-order valence-corrected chi connectivity index (χ0v) is 16.9. The van der Waals surface area contributed by atoms with Crippen LogP contribution >= 0.6 is 0 Å². The van der Waals surface area contributed by atoms with Gasteiger partial charge in [0.05, 0.1) is 6.54 Å². The quantitative estimate of drug-likeness (QED) is 0.610. The zero-order chi connectivity index (χ0) is 19.9. The van der Waals surface area contributed by atoms with Crippen molar-refractivity contribution in [2.24, 2.45) is 0 Å². The van der Waals surface area contributed by atoms with Crippen LogP contribution in [0.1, 0.15) is 25.1 Å². The molecule has 0 fully saturated rings. The number of nitrogens with zero attached hydrogens (tertiary/aromatic N) is 2. The highest BCUT2D eigenvalue weighted by Crippen LogP contribution is 2.37. The summed E-state index contributed by atoms with van der Waals surface area (Å²) in [6, 6.07) is 12.5. The highest BCUT2D eigenvalue weighted by molar-refractivity contribution is 5.66. The number of hydrogen-bond acceptors (Lipinski definition) is 4. The summed E-state index contributed by atoms with van der Waals surface area (Å²) >= 11 is 0. The van der Waals surface area contributed by atoms with Crippen molar-refractivity contribution in [1.82, 2.24) is 4.57 Å². The summed E-state index contributed by atoms with van der Waals surface area (Å²) in [5, 5.41) is 0. The van der Waals surface area contributed by atoms with Crippen LogP contribution in [0.4, 0.5) is 0 Å². The number of aryl methyl sites for hydroxylation is 1. The SMILES string of the molecule is c1cc2c(cc1-c1c[n+]3c(n1-c1ccc4c(c1)OCCO4)CCCCC3)OCCO2. The van der Waals surface area contributed by atoms with E-state index < -0.39 is 0 Å². The van der Waals surface area contributed by atoms with E-state index in [0.29, 0.717) is 26.4 Å². The minimum absolute atomic E-state index is 0.587. The van der Waals surface area contributed by atoms with Crippen LogP contribution in [0.2, 0.25) is 0 Å². The molecule has 3 aliphatic heterocycles. The predicted molar refractivity (Wildman–Crippen MR) is 111 cm³/mol. The van der Waals surface area contributed by atoms with Crippen LogP contribution in [-0.2, 0) is 13.0 Å². The van der Waals surface area contributed by atoms with E-state index >= 15 is 0 Å². The van der Waals surface area contributed by atoms with Crippen LogP contribution in [0.25, 0.3) is 16.9 Å². The van der Waals surface area contributed by atoms with Crippen molar-refractivity contribution in [3.63, 3.8) is 0 Å². The first-order valence-electron chi connectivity index (χ1n) is 10.8. The van der Waals surface area contributed by atoms with Crippen LogP contribution in [0.15, 0.2) is 42.6 Å². The van der Waals surface area contributed by atoms with Crippen molar-refractivity contribution in [1.29, 1.82) is 0 Å². The van der Waals surface area contributed by atoms with Crippen molar-refractivity contribution < 1.29 is 23.5 Å². The van der Waals surface area contributed by atoms with Gasteiger partial charge in [-0.05, 0) is 49.6 Å². The fourth-order valence-electron chi connectivity index (χ4n) is 4.60. The van der Waals surface area contributed by atoms with E-state index in [2.05, 4.69) is 39.6 Å². The van der Waals surface area contributed by atoms with E-state index in [0.717, 1.165) is 52.9 Å². The maximum absolute atomic E-state index is 5.87. The second-order valence-corrected chi connectivity index (χ2v) is 7.96. The van der Waals surface area contributed by atoms with E-state index in [4.69, 9.17) is 18.9 Å². The fourth-order valence-corrected chi connectivity index (χ4v) is 4.60. The van der Waals surface area contributed by atoms with Gasteiger partial charge in [0.15, 0.2) is 28.7 Å². The summed E-state index contributed by atoms with van der Waals surface area (Å²) in [7, 11) is 0. The number of rotatable bonds is 2. The number of imidazole rings is 1. The summed E-state index contributed by atoms with van der Waals surface area (Å²) in [4.78, 5) is 0. The van der Waals surface area contributed by atoms with Crippen molar-refractivity contribution in [3.8, 4) is 39.9 Å². The van der Waals surface area contributed by atoms with Gasteiger partial charge in [-0.2, -0.15) is 4.57 Å². The van der Waals surface area contributed by atoms with E-state index in [9.17, 15) is 0 Å². The van der Waals surface area contributed by atoms with Gasteiger partial charge in [-0.3, -0.25) is 0 Å². The number of hydrogen-bond donors (Lipinski definition) is 0. The van der Waals surface area contributed by atoms with Crippen molar-refractivity contribution in [2.45, 2.75) is 32.2 Å². The molecule has 0 unspecified atom stereocenters. The molecule has 1 aromatic heterocycles. The van der Waals surface area contributed by atoms with E-state index in [1.807, 2.05) is 12.1 Å². The Hall–Kier alpha value is -3.15. The Morgan fingerprint density at radius 1 is 0.700 bits per heavy atom. The van der Waals surface area contributed by atoms with Gasteiger partial charge >= 0.3 is 0 Å².